The van der Waals surface area contributed by atoms with Crippen molar-refractivity contribution < 1.29 is 33.2 Å². The zero-order valence-electron chi connectivity index (χ0n) is 16.6. The Bertz CT molecular complexity index is 377. The lowest BCUT2D eigenvalue weighted by atomic mass is 10.2. The van der Waals surface area contributed by atoms with E-state index in [1.807, 2.05) is 0 Å². The highest BCUT2D eigenvalue weighted by molar-refractivity contribution is 5.67. The van der Waals surface area contributed by atoms with E-state index in [-0.39, 0.29) is 0 Å². The van der Waals surface area contributed by atoms with Crippen LogP contribution in [0.5, 0.6) is 0 Å². The second-order valence-corrected chi connectivity index (χ2v) is 2.08. The van der Waals surface area contributed by atoms with Gasteiger partial charge in [-0.15, -0.1) is 0 Å². The quantitative estimate of drug-likeness (QED) is 0.553. The van der Waals surface area contributed by atoms with Crippen molar-refractivity contribution in [3.63, 3.8) is 0 Å². The largest absolute Gasteiger partial charge is 0.481 e. The minimum absolute atomic E-state index is 1.27. The second-order valence-electron chi connectivity index (χ2n) is 2.08. The van der Waals surface area contributed by atoms with Crippen LogP contribution in [-0.4, -0.2) is 55.7 Å². The summed E-state index contributed by atoms with van der Waals surface area (Å²) in [6.07, 6.45) is -4.14. The van der Waals surface area contributed by atoms with Crippen LogP contribution in [0.15, 0.2) is 0 Å². The molecular weight excluding hydrogens is 146 g/mol. The molecule has 1 atom stereocenters. The summed E-state index contributed by atoms with van der Waals surface area (Å²) in [5.41, 5.74) is 0. The van der Waals surface area contributed by atoms with Gasteiger partial charge in [-0.3, -0.25) is 4.79 Å². The lowest BCUT2D eigenvalue weighted by molar-refractivity contribution is -0.873. The van der Waals surface area contributed by atoms with E-state index in [1.165, 1.54) is 0 Å². The van der Waals surface area contributed by atoms with Crippen molar-refractivity contribution in [3.8, 4) is 0 Å². The number of quaternary nitrogens is 1. The molecular formula is C7H16NO3+. The zero-order chi connectivity index (χ0) is 18.2. The van der Waals surface area contributed by atoms with Crippen LogP contribution < -0.4 is 0 Å². The van der Waals surface area contributed by atoms with Crippen LogP contribution in [0.3, 0.4) is 0 Å². The molecule has 0 fully saturated rings. The first-order chi connectivity index (χ1) is 9.43. The smallest absolute Gasteiger partial charge is 0.306 e. The fraction of sp³-hybridized carbons (Fsp3) is 0.857. The molecule has 0 spiro atoms. The molecule has 0 aromatic heterocycles. The van der Waals surface area contributed by atoms with Gasteiger partial charge in [0.1, 0.15) is 12.6 Å². The number of rotatable bonds is 5. The molecule has 0 aliphatic rings. The minimum atomic E-state index is -3.64. The third kappa shape index (κ3) is 7.29. The van der Waals surface area contributed by atoms with E-state index in [9.17, 15) is 4.79 Å². The molecule has 0 amide bonds. The predicted molar refractivity (Wildman–Crippen MR) is 41.2 cm³/mol. The van der Waals surface area contributed by atoms with Crippen LogP contribution in [0, 0.1) is 0 Å². The summed E-state index contributed by atoms with van der Waals surface area (Å²) >= 11 is 0. The molecule has 11 heavy (non-hydrogen) atoms. The Hall–Kier alpha value is -0.610. The Morgan fingerprint density at radius 3 is 2.82 bits per heavy atom. The monoisotopic (exact) mass is 173 g/mol. The fourth-order valence-electron chi connectivity index (χ4n) is 0.489. The highest BCUT2D eigenvalue weighted by atomic mass is 16.4. The van der Waals surface area contributed by atoms with E-state index >= 15 is 0 Å². The van der Waals surface area contributed by atoms with E-state index in [1.54, 1.807) is 0 Å². The SMILES string of the molecule is [2H]O[C@@]([2H])(CC(=O)O)C[N+](C([2H])([2H])[2H])(C([2H])([2H])[2H])C([2H])([2H])[2H]. The third-order valence-corrected chi connectivity index (χ3v) is 0.762. The molecule has 0 radical (unpaired) electrons. The normalized spacial score (nSPS) is 35.5. The van der Waals surface area contributed by atoms with Gasteiger partial charge in [0.05, 0.1) is 41.1 Å². The maximum absolute atomic E-state index is 10.7. The van der Waals surface area contributed by atoms with Gasteiger partial charge < -0.3 is 14.7 Å². The Morgan fingerprint density at radius 1 is 1.82 bits per heavy atom. The van der Waals surface area contributed by atoms with Crippen LogP contribution in [0.1, 0.15) is 20.1 Å². The summed E-state index contributed by atoms with van der Waals surface area (Å²) in [6.45, 7) is -12.5. The fourth-order valence-corrected chi connectivity index (χ4v) is 0.489. The maximum Gasteiger partial charge on any atom is 0.306 e. The molecule has 0 bridgehead atoms. The highest BCUT2D eigenvalue weighted by Crippen LogP contribution is 1.98. The van der Waals surface area contributed by atoms with Gasteiger partial charge in [-0.05, 0) is 0 Å². The molecule has 4 nitrogen and oxygen atoms in total. The second kappa shape index (κ2) is 3.69. The number of carbonyl (C=O) groups is 1. The molecule has 0 aliphatic carbocycles. The van der Waals surface area contributed by atoms with Crippen LogP contribution >= 0.6 is 0 Å². The zero-order valence-corrected chi connectivity index (χ0v) is 5.63. The van der Waals surface area contributed by atoms with Gasteiger partial charge in [-0.2, -0.15) is 0 Å². The Balaban J connectivity index is 6.27. The first kappa shape index (κ1) is 2.20. The van der Waals surface area contributed by atoms with Crippen molar-refractivity contribution in [2.75, 3.05) is 27.5 Å². The molecule has 4 heteroatoms. The molecule has 0 aliphatic heterocycles. The van der Waals surface area contributed by atoms with Crippen LogP contribution in [0.2, 0.25) is 0 Å². The highest BCUT2D eigenvalue weighted by Gasteiger charge is 2.17. The number of carboxylic acids is 1. The van der Waals surface area contributed by atoms with Gasteiger partial charge in [-0.1, -0.05) is 0 Å². The van der Waals surface area contributed by atoms with Gasteiger partial charge in [0.15, 0.2) is 0 Å². The Labute approximate surface area is 82.2 Å². The molecule has 0 saturated heterocycles. The van der Waals surface area contributed by atoms with Crippen molar-refractivity contribution in [2.45, 2.75) is 12.5 Å². The van der Waals surface area contributed by atoms with Gasteiger partial charge >= 0.3 is 5.97 Å². The minimum Gasteiger partial charge on any atom is -0.481 e. The third-order valence-electron chi connectivity index (χ3n) is 0.762. The van der Waals surface area contributed by atoms with E-state index in [4.69, 9.17) is 20.2 Å². The Kier molecular flexibility index (Phi) is 0.738. The Morgan fingerprint density at radius 2 is 2.45 bits per heavy atom. The molecule has 0 unspecified atom stereocenters. The average Bonchev–Trinajstić information content (AvgIpc) is 2.19. The number of aliphatic hydroxyl groups is 1. The van der Waals surface area contributed by atoms with Crippen molar-refractivity contribution in [1.29, 1.82) is 1.43 Å². The molecule has 0 aromatic carbocycles. The average molecular weight is 173 g/mol. The maximum atomic E-state index is 10.7. The van der Waals surface area contributed by atoms with Crippen molar-refractivity contribution in [3.05, 3.63) is 0 Å². The van der Waals surface area contributed by atoms with Gasteiger partial charge in [0, 0.05) is 0 Å². The van der Waals surface area contributed by atoms with Crippen LogP contribution in [0.25, 0.3) is 0 Å². The number of carboxylic acid groups (broad SMARTS) is 1. The predicted octanol–water partition coefficient (Wildman–Crippen LogP) is -0.472. The molecule has 0 rings (SSSR count). The van der Waals surface area contributed by atoms with Crippen molar-refractivity contribution in [1.82, 2.24) is 0 Å². The van der Waals surface area contributed by atoms with Crippen molar-refractivity contribution in [2.24, 2.45) is 0 Å². The van der Waals surface area contributed by atoms with Gasteiger partial charge in [0.25, 0.3) is 0 Å². The summed E-state index contributed by atoms with van der Waals surface area (Å²) in [5, 5.41) is 12.5. The number of aliphatic carboxylic acids is 1. The molecule has 0 saturated carbocycles. The lowest BCUT2D eigenvalue weighted by Gasteiger charge is -2.25. The summed E-state index contributed by atoms with van der Waals surface area (Å²) in [6, 6.07) is 0. The summed E-state index contributed by atoms with van der Waals surface area (Å²) < 4.78 is 77.7. The number of hydrogen-bond donors (Lipinski definition) is 2. The van der Waals surface area contributed by atoms with E-state index in [2.05, 4.69) is 5.11 Å². The standard InChI is InChI=1S/C7H15NO3/c1-8(2,3)5-6(9)4-7(10)11/h6,9H,4-5H2,1-3H3/p+1/t6-/m0/s1/i1D3,2D3,3D3,6D,9D. The number of nitrogens with zero attached hydrogens (tertiary/aromatic N) is 1. The lowest BCUT2D eigenvalue weighted by Crippen LogP contribution is -2.42. The summed E-state index contributed by atoms with van der Waals surface area (Å²) in [7, 11) is 0. The number of hydrogen-bond acceptors (Lipinski definition) is 2. The molecule has 2 N–H and O–H groups in total. The van der Waals surface area contributed by atoms with E-state index in [0.717, 1.165) is 0 Å². The molecule has 0 heterocycles. The summed E-state index contributed by atoms with van der Waals surface area (Å²) in [4.78, 5) is 10.7. The topological polar surface area (TPSA) is 57.5 Å². The van der Waals surface area contributed by atoms with Gasteiger partial charge in [0.2, 0.25) is 1.43 Å². The number of likely N-dealkylation sites (N-methyl/N-ethyl adjacent to an activating group) is 1. The summed E-state index contributed by atoms with van der Waals surface area (Å²) in [5.74, 6) is -1.68. The van der Waals surface area contributed by atoms with E-state index in [0.29, 0.717) is 0 Å². The van der Waals surface area contributed by atoms with Crippen LogP contribution in [-0.2, 0) is 4.79 Å². The van der Waals surface area contributed by atoms with Crippen molar-refractivity contribution >= 4 is 5.97 Å². The van der Waals surface area contributed by atoms with Gasteiger partial charge in [-0.25, -0.2) is 0 Å². The first-order valence-electron chi connectivity index (χ1n) is 8.09. The molecule has 66 valence electrons. The van der Waals surface area contributed by atoms with E-state index < -0.39 is 50.4 Å². The first-order valence-corrected chi connectivity index (χ1v) is 2.68. The molecule has 0 aromatic rings. The van der Waals surface area contributed by atoms with Crippen LogP contribution in [0.4, 0.5) is 0 Å².